The quantitative estimate of drug-likeness (QED) is 0.466. The van der Waals surface area contributed by atoms with Gasteiger partial charge in [-0.15, -0.1) is 6.58 Å². The molecule has 2 heterocycles. The van der Waals surface area contributed by atoms with Crippen molar-refractivity contribution in [2.75, 3.05) is 6.54 Å². The number of hydrogen-bond acceptors (Lipinski definition) is 4. The van der Waals surface area contributed by atoms with Gasteiger partial charge in [0.2, 0.25) is 11.8 Å². The van der Waals surface area contributed by atoms with Crippen LogP contribution in [0.2, 0.25) is 0 Å². The summed E-state index contributed by atoms with van der Waals surface area (Å²) in [5.74, 6) is -1.51. The number of nitrogens with zero attached hydrogens (tertiary/aromatic N) is 2. The van der Waals surface area contributed by atoms with Crippen LogP contribution in [-0.2, 0) is 20.9 Å². The van der Waals surface area contributed by atoms with E-state index in [-0.39, 0.29) is 17.9 Å². The predicted molar refractivity (Wildman–Crippen MR) is 85.2 cm³/mol. The number of imide groups is 1. The number of benzene rings is 1. The van der Waals surface area contributed by atoms with Crippen LogP contribution in [0.4, 0.5) is 0 Å². The molecule has 2 amide bonds. The molecule has 0 spiro atoms. The number of fused-ring (bicyclic) bond motifs is 1. The van der Waals surface area contributed by atoms with Gasteiger partial charge in [-0.2, -0.15) is 0 Å². The van der Waals surface area contributed by atoms with E-state index in [4.69, 9.17) is 0 Å². The first-order valence-electron chi connectivity index (χ1n) is 7.86. The highest BCUT2D eigenvalue weighted by Crippen LogP contribution is 2.42. The molecule has 2 saturated heterocycles. The summed E-state index contributed by atoms with van der Waals surface area (Å²) in [5, 5.41) is 0. The number of amides is 2. The van der Waals surface area contributed by atoms with E-state index in [1.165, 1.54) is 4.90 Å². The summed E-state index contributed by atoms with van der Waals surface area (Å²) in [6.45, 7) is 6.47. The molecule has 0 aliphatic carbocycles. The number of carbonyl (C=O) groups excluding carboxylic acids is 3. The van der Waals surface area contributed by atoms with Crippen molar-refractivity contribution in [1.82, 2.24) is 9.80 Å². The summed E-state index contributed by atoms with van der Waals surface area (Å²) in [5.41, 5.74) is 1.04. The molecular weight excluding hydrogens is 292 g/mol. The lowest BCUT2D eigenvalue weighted by Crippen LogP contribution is -2.44. The van der Waals surface area contributed by atoms with Crippen molar-refractivity contribution in [3.05, 3.63) is 48.6 Å². The minimum absolute atomic E-state index is 0.185. The summed E-state index contributed by atoms with van der Waals surface area (Å²) in [6.07, 6.45) is 2.49. The van der Waals surface area contributed by atoms with E-state index in [0.717, 1.165) is 11.8 Å². The molecule has 5 heteroatoms. The summed E-state index contributed by atoms with van der Waals surface area (Å²) < 4.78 is 0. The van der Waals surface area contributed by atoms with Crippen LogP contribution in [0.5, 0.6) is 0 Å². The highest BCUT2D eigenvalue weighted by Gasteiger charge is 2.60. The van der Waals surface area contributed by atoms with Gasteiger partial charge < -0.3 is 4.79 Å². The van der Waals surface area contributed by atoms with Crippen molar-refractivity contribution in [1.29, 1.82) is 0 Å². The van der Waals surface area contributed by atoms with E-state index in [1.54, 1.807) is 13.0 Å². The Morgan fingerprint density at radius 1 is 1.09 bits per heavy atom. The topological polar surface area (TPSA) is 57.7 Å². The molecule has 4 atom stereocenters. The molecule has 23 heavy (non-hydrogen) atoms. The van der Waals surface area contributed by atoms with E-state index >= 15 is 0 Å². The molecule has 1 aromatic rings. The molecule has 2 aliphatic rings. The first-order valence-corrected chi connectivity index (χ1v) is 7.86. The highest BCUT2D eigenvalue weighted by molar-refractivity contribution is 6.07. The van der Waals surface area contributed by atoms with Crippen molar-refractivity contribution in [2.45, 2.75) is 25.6 Å². The first kappa shape index (κ1) is 15.6. The number of likely N-dealkylation sites (tertiary alicyclic amines) is 2. The Bertz CT molecular complexity index is 609. The van der Waals surface area contributed by atoms with Gasteiger partial charge in [0.05, 0.1) is 17.9 Å². The SMILES string of the molecule is C=C[C@H]1[C@@H]2C(=O)N(CC)C(=O)[C@@H]2[C@@H](C=O)N1Cc1ccccc1. The van der Waals surface area contributed by atoms with Crippen molar-refractivity contribution in [3.8, 4) is 0 Å². The van der Waals surface area contributed by atoms with E-state index < -0.39 is 17.9 Å². The molecule has 0 saturated carbocycles. The number of aldehydes is 1. The average Bonchev–Trinajstić information content (AvgIpc) is 3.01. The van der Waals surface area contributed by atoms with Crippen LogP contribution in [0.15, 0.2) is 43.0 Å². The maximum absolute atomic E-state index is 12.6. The largest absolute Gasteiger partial charge is 0.302 e. The number of hydrogen-bond donors (Lipinski definition) is 0. The van der Waals surface area contributed by atoms with Crippen molar-refractivity contribution >= 4 is 18.1 Å². The van der Waals surface area contributed by atoms with E-state index in [2.05, 4.69) is 6.58 Å². The van der Waals surface area contributed by atoms with Gasteiger partial charge in [-0.3, -0.25) is 19.4 Å². The van der Waals surface area contributed by atoms with E-state index in [1.807, 2.05) is 35.2 Å². The fourth-order valence-corrected chi connectivity index (χ4v) is 3.87. The van der Waals surface area contributed by atoms with Gasteiger partial charge >= 0.3 is 0 Å². The second kappa shape index (κ2) is 6.08. The van der Waals surface area contributed by atoms with Crippen LogP contribution < -0.4 is 0 Å². The molecule has 0 N–H and O–H groups in total. The molecule has 0 unspecified atom stereocenters. The van der Waals surface area contributed by atoms with Gasteiger partial charge in [0.1, 0.15) is 6.29 Å². The fraction of sp³-hybridized carbons (Fsp3) is 0.389. The van der Waals surface area contributed by atoms with E-state index in [0.29, 0.717) is 13.1 Å². The Hall–Kier alpha value is -2.27. The number of rotatable bonds is 5. The number of carbonyl (C=O) groups is 3. The Morgan fingerprint density at radius 3 is 2.22 bits per heavy atom. The van der Waals surface area contributed by atoms with E-state index in [9.17, 15) is 14.4 Å². The summed E-state index contributed by atoms with van der Waals surface area (Å²) in [7, 11) is 0. The summed E-state index contributed by atoms with van der Waals surface area (Å²) >= 11 is 0. The molecule has 0 bridgehead atoms. The lowest BCUT2D eigenvalue weighted by molar-refractivity contribution is -0.142. The zero-order valence-corrected chi connectivity index (χ0v) is 13.1. The van der Waals surface area contributed by atoms with Gasteiger partial charge in [-0.1, -0.05) is 36.4 Å². The lowest BCUT2D eigenvalue weighted by Gasteiger charge is -2.29. The third kappa shape index (κ3) is 2.32. The predicted octanol–water partition coefficient (Wildman–Crippen LogP) is 1.25. The minimum atomic E-state index is -0.591. The molecule has 2 aliphatic heterocycles. The van der Waals surface area contributed by atoms with Crippen LogP contribution in [0.25, 0.3) is 0 Å². The Labute approximate surface area is 135 Å². The van der Waals surface area contributed by atoms with Crippen LogP contribution in [0, 0.1) is 11.8 Å². The third-order valence-corrected chi connectivity index (χ3v) is 4.90. The molecule has 3 rings (SSSR count). The van der Waals surface area contributed by atoms with Gasteiger partial charge in [-0.25, -0.2) is 0 Å². The average molecular weight is 312 g/mol. The monoisotopic (exact) mass is 312 g/mol. The normalized spacial score (nSPS) is 30.6. The molecule has 1 aromatic carbocycles. The molecule has 0 aromatic heterocycles. The molecule has 5 nitrogen and oxygen atoms in total. The minimum Gasteiger partial charge on any atom is -0.302 e. The van der Waals surface area contributed by atoms with Gasteiger partial charge in [0.25, 0.3) is 0 Å². The van der Waals surface area contributed by atoms with Crippen LogP contribution >= 0.6 is 0 Å². The fourth-order valence-electron chi connectivity index (χ4n) is 3.87. The highest BCUT2D eigenvalue weighted by atomic mass is 16.2. The second-order valence-electron chi connectivity index (χ2n) is 5.98. The summed E-state index contributed by atoms with van der Waals surface area (Å²) in [4.78, 5) is 40.0. The Balaban J connectivity index is 1.96. The Kier molecular flexibility index (Phi) is 4.13. The van der Waals surface area contributed by atoms with Crippen molar-refractivity contribution in [2.24, 2.45) is 11.8 Å². The zero-order chi connectivity index (χ0) is 16.6. The summed E-state index contributed by atoms with van der Waals surface area (Å²) in [6, 6.07) is 8.84. The zero-order valence-electron chi connectivity index (χ0n) is 13.1. The maximum Gasteiger partial charge on any atom is 0.235 e. The van der Waals surface area contributed by atoms with Gasteiger partial charge in [0.15, 0.2) is 0 Å². The standard InChI is InChI=1S/C18H20N2O3/c1-3-13-15-16(18(23)19(4-2)17(15)22)14(11-21)20(13)10-12-8-6-5-7-9-12/h3,5-9,11,13-16H,1,4,10H2,2H3/t13-,14+,15-,16+/m0/s1. The Morgan fingerprint density at radius 2 is 1.70 bits per heavy atom. The van der Waals surface area contributed by atoms with Crippen LogP contribution in [-0.4, -0.2) is 46.5 Å². The van der Waals surface area contributed by atoms with Gasteiger partial charge in [0, 0.05) is 19.1 Å². The molecular formula is C18H20N2O3. The van der Waals surface area contributed by atoms with Crippen LogP contribution in [0.1, 0.15) is 12.5 Å². The van der Waals surface area contributed by atoms with Crippen molar-refractivity contribution < 1.29 is 14.4 Å². The smallest absolute Gasteiger partial charge is 0.235 e. The molecule has 2 fully saturated rings. The maximum atomic E-state index is 12.6. The second-order valence-corrected chi connectivity index (χ2v) is 5.98. The van der Waals surface area contributed by atoms with Crippen LogP contribution in [0.3, 0.4) is 0 Å². The molecule has 120 valence electrons. The molecule has 0 radical (unpaired) electrons. The van der Waals surface area contributed by atoms with Gasteiger partial charge in [-0.05, 0) is 12.5 Å². The third-order valence-electron chi connectivity index (χ3n) is 4.90. The lowest BCUT2D eigenvalue weighted by atomic mass is 9.90. The van der Waals surface area contributed by atoms with Crippen molar-refractivity contribution in [3.63, 3.8) is 0 Å². The first-order chi connectivity index (χ1) is 11.1.